The third-order valence-corrected chi connectivity index (χ3v) is 1.17. The zero-order valence-corrected chi connectivity index (χ0v) is 6.66. The minimum Gasteiger partial charge on any atom is -0.391 e. The van der Waals surface area contributed by atoms with E-state index in [0.717, 1.165) is 0 Å². The Hall–Kier alpha value is -1.96. The summed E-state index contributed by atoms with van der Waals surface area (Å²) in [7, 11) is 1.40. The van der Waals surface area contributed by atoms with Gasteiger partial charge in [-0.1, -0.05) is 5.92 Å². The number of nitrogens with two attached hydrogens (primary N) is 3. The van der Waals surface area contributed by atoms with E-state index in [1.807, 2.05) is 0 Å². The molecule has 0 bridgehead atoms. The van der Waals surface area contributed by atoms with Gasteiger partial charge in [-0.15, -0.1) is 6.42 Å². The van der Waals surface area contributed by atoms with Gasteiger partial charge >= 0.3 is 0 Å². The number of allylic oxidation sites excluding steroid dienone is 1. The second-order valence-corrected chi connectivity index (χ2v) is 1.91. The van der Waals surface area contributed by atoms with E-state index in [-0.39, 0.29) is 17.1 Å². The molecule has 0 aliphatic rings. The van der Waals surface area contributed by atoms with E-state index in [1.54, 1.807) is 0 Å². The van der Waals surface area contributed by atoms with Gasteiger partial charge in [0.2, 0.25) is 0 Å². The topological polar surface area (TPSA) is 107 Å². The highest BCUT2D eigenvalue weighted by Crippen LogP contribution is 1.97. The van der Waals surface area contributed by atoms with Gasteiger partial charge in [-0.2, -0.15) is 0 Å². The van der Waals surface area contributed by atoms with Gasteiger partial charge in [-0.25, -0.2) is 0 Å². The fraction of sp³-hybridized carbons (Fsp3) is 0.143. The molecule has 0 atom stereocenters. The maximum atomic E-state index is 10.7. The summed E-state index contributed by atoms with van der Waals surface area (Å²) in [6.07, 6.45) is 4.95. The van der Waals surface area contributed by atoms with Crippen LogP contribution in [0.3, 0.4) is 0 Å². The molecule has 12 heavy (non-hydrogen) atoms. The van der Waals surface area contributed by atoms with Crippen molar-refractivity contribution >= 4 is 11.7 Å². The number of amides is 1. The summed E-state index contributed by atoms with van der Waals surface area (Å²) in [6, 6.07) is 0. The first-order chi connectivity index (χ1) is 5.54. The fourth-order valence-corrected chi connectivity index (χ4v) is 0.581. The number of amidine groups is 1. The second-order valence-electron chi connectivity index (χ2n) is 1.91. The van der Waals surface area contributed by atoms with E-state index in [4.69, 9.17) is 23.6 Å². The molecule has 0 unspecified atom stereocenters. The molecule has 0 rings (SSSR count). The molecule has 5 heteroatoms. The average molecular weight is 166 g/mol. The van der Waals surface area contributed by atoms with Gasteiger partial charge < -0.3 is 17.2 Å². The zero-order chi connectivity index (χ0) is 9.72. The highest BCUT2D eigenvalue weighted by Gasteiger charge is 2.12. The molecular weight excluding hydrogens is 156 g/mol. The van der Waals surface area contributed by atoms with Crippen LogP contribution in [-0.2, 0) is 4.79 Å². The van der Waals surface area contributed by atoms with Crippen molar-refractivity contribution in [2.45, 2.75) is 0 Å². The molecule has 6 N–H and O–H groups in total. The highest BCUT2D eigenvalue weighted by molar-refractivity contribution is 6.20. The van der Waals surface area contributed by atoms with Crippen LogP contribution in [0.15, 0.2) is 16.3 Å². The smallest absolute Gasteiger partial charge is 0.255 e. The SMILES string of the molecule is C#C/C(N)=C(\C(N)=O)C(N)=NC. The monoisotopic (exact) mass is 166 g/mol. The molecule has 0 heterocycles. The molecular formula is C7H10N4O. The number of hydrogen-bond acceptors (Lipinski definition) is 3. The number of hydrogen-bond donors (Lipinski definition) is 3. The van der Waals surface area contributed by atoms with Crippen molar-refractivity contribution < 1.29 is 4.79 Å². The van der Waals surface area contributed by atoms with Crippen LogP contribution in [0.25, 0.3) is 0 Å². The number of aliphatic imine (C=N–C) groups is 1. The minimum atomic E-state index is -0.784. The van der Waals surface area contributed by atoms with Gasteiger partial charge in [0.15, 0.2) is 0 Å². The van der Waals surface area contributed by atoms with Gasteiger partial charge in [0.1, 0.15) is 11.4 Å². The first-order valence-corrected chi connectivity index (χ1v) is 3.03. The molecule has 0 aliphatic heterocycles. The molecule has 0 aromatic carbocycles. The van der Waals surface area contributed by atoms with Gasteiger partial charge in [0, 0.05) is 7.05 Å². The number of carbonyl (C=O) groups excluding carboxylic acids is 1. The van der Waals surface area contributed by atoms with Crippen LogP contribution in [0, 0.1) is 12.3 Å². The molecule has 0 radical (unpaired) electrons. The van der Waals surface area contributed by atoms with Crippen molar-refractivity contribution in [2.24, 2.45) is 22.2 Å². The van der Waals surface area contributed by atoms with Crippen LogP contribution in [-0.4, -0.2) is 18.8 Å². The summed E-state index contributed by atoms with van der Waals surface area (Å²) in [5.41, 5.74) is 15.3. The van der Waals surface area contributed by atoms with Crippen LogP contribution in [0.1, 0.15) is 0 Å². The van der Waals surface area contributed by atoms with Crippen molar-refractivity contribution in [3.8, 4) is 12.3 Å². The van der Waals surface area contributed by atoms with Crippen LogP contribution >= 0.6 is 0 Å². The summed E-state index contributed by atoms with van der Waals surface area (Å²) in [5.74, 6) is 1.22. The van der Waals surface area contributed by atoms with Gasteiger partial charge in [0.05, 0.1) is 5.70 Å². The number of carbonyl (C=O) groups is 1. The Morgan fingerprint density at radius 3 is 2.17 bits per heavy atom. The average Bonchev–Trinajstić information content (AvgIpc) is 2.03. The largest absolute Gasteiger partial charge is 0.391 e. The van der Waals surface area contributed by atoms with Crippen molar-refractivity contribution in [1.29, 1.82) is 0 Å². The normalized spacial score (nSPS) is 13.2. The molecule has 0 aliphatic carbocycles. The minimum absolute atomic E-state index is 0.0575. The molecule has 0 saturated heterocycles. The van der Waals surface area contributed by atoms with E-state index in [2.05, 4.69) is 10.9 Å². The zero-order valence-electron chi connectivity index (χ0n) is 6.66. The summed E-state index contributed by atoms with van der Waals surface area (Å²) >= 11 is 0. The Morgan fingerprint density at radius 2 is 1.92 bits per heavy atom. The molecule has 0 saturated carbocycles. The van der Waals surface area contributed by atoms with Crippen molar-refractivity contribution in [3.63, 3.8) is 0 Å². The maximum Gasteiger partial charge on any atom is 0.255 e. The van der Waals surface area contributed by atoms with E-state index in [0.29, 0.717) is 0 Å². The molecule has 0 spiro atoms. The van der Waals surface area contributed by atoms with Crippen molar-refractivity contribution in [1.82, 2.24) is 0 Å². The molecule has 1 amide bonds. The van der Waals surface area contributed by atoms with Gasteiger partial charge in [-0.3, -0.25) is 9.79 Å². The first-order valence-electron chi connectivity index (χ1n) is 3.03. The Morgan fingerprint density at radius 1 is 1.42 bits per heavy atom. The Kier molecular flexibility index (Phi) is 3.37. The van der Waals surface area contributed by atoms with Crippen LogP contribution in [0.4, 0.5) is 0 Å². The standard InChI is InChI=1S/C7H10N4O/c1-3-4(8)5(7(10)12)6(9)11-2/h1H,8H2,2H3,(H2,9,11)(H2,10,12)/b5-4+. The Labute approximate surface area is 70.3 Å². The van der Waals surface area contributed by atoms with E-state index in [9.17, 15) is 4.79 Å². The molecule has 5 nitrogen and oxygen atoms in total. The third kappa shape index (κ3) is 2.02. The first kappa shape index (κ1) is 10.0. The predicted octanol–water partition coefficient (Wildman–Crippen LogP) is -1.70. The van der Waals surface area contributed by atoms with Crippen molar-refractivity contribution in [3.05, 3.63) is 11.3 Å². The van der Waals surface area contributed by atoms with Gasteiger partial charge in [-0.05, 0) is 0 Å². The Balaban J connectivity index is 5.24. The number of rotatable bonds is 2. The summed E-state index contributed by atoms with van der Waals surface area (Å²) < 4.78 is 0. The van der Waals surface area contributed by atoms with E-state index in [1.165, 1.54) is 7.05 Å². The van der Waals surface area contributed by atoms with Gasteiger partial charge in [0.25, 0.3) is 5.91 Å². The van der Waals surface area contributed by atoms with E-state index < -0.39 is 5.91 Å². The predicted molar refractivity (Wildman–Crippen MR) is 46.8 cm³/mol. The lowest BCUT2D eigenvalue weighted by Crippen LogP contribution is -2.29. The summed E-state index contributed by atoms with van der Waals surface area (Å²) in [6.45, 7) is 0. The lowest BCUT2D eigenvalue weighted by Gasteiger charge is -2.02. The Bertz CT molecular complexity index is 295. The van der Waals surface area contributed by atoms with E-state index >= 15 is 0 Å². The maximum absolute atomic E-state index is 10.7. The molecule has 0 aromatic rings. The van der Waals surface area contributed by atoms with Crippen LogP contribution in [0.5, 0.6) is 0 Å². The summed E-state index contributed by atoms with van der Waals surface area (Å²) in [4.78, 5) is 14.3. The van der Waals surface area contributed by atoms with Crippen molar-refractivity contribution in [2.75, 3.05) is 7.05 Å². The quantitative estimate of drug-likeness (QED) is 0.197. The van der Waals surface area contributed by atoms with Crippen LogP contribution < -0.4 is 17.2 Å². The number of primary amides is 1. The molecule has 0 fully saturated rings. The summed E-state index contributed by atoms with van der Waals surface area (Å²) in [5, 5.41) is 0. The second kappa shape index (κ2) is 4.03. The lowest BCUT2D eigenvalue weighted by molar-refractivity contribution is -0.114. The fourth-order valence-electron chi connectivity index (χ4n) is 0.581. The third-order valence-electron chi connectivity index (χ3n) is 1.17. The molecule has 0 aromatic heterocycles. The molecule has 64 valence electrons. The number of nitrogens with zero attached hydrogens (tertiary/aromatic N) is 1. The highest BCUT2D eigenvalue weighted by atomic mass is 16.1. The van der Waals surface area contributed by atoms with Crippen LogP contribution in [0.2, 0.25) is 0 Å². The number of terminal acetylenes is 1. The lowest BCUT2D eigenvalue weighted by atomic mass is 10.2.